The SMILES string of the molecule is Nc1ncc(-c2cnn(C3CCC(O)CC3)c2)c2cc(-c3ccc4c(c3)C=NC4)oc12. The van der Waals surface area contributed by atoms with E-state index in [2.05, 4.69) is 39.5 Å². The van der Waals surface area contributed by atoms with Crippen molar-refractivity contribution in [3.63, 3.8) is 0 Å². The van der Waals surface area contributed by atoms with Gasteiger partial charge in [0.05, 0.1) is 24.9 Å². The maximum absolute atomic E-state index is 9.78. The van der Waals surface area contributed by atoms with Crippen LogP contribution in [0.3, 0.4) is 0 Å². The van der Waals surface area contributed by atoms with Crippen LogP contribution in [0.1, 0.15) is 42.9 Å². The van der Waals surface area contributed by atoms with E-state index >= 15 is 0 Å². The van der Waals surface area contributed by atoms with Crippen LogP contribution in [-0.4, -0.2) is 32.2 Å². The molecule has 1 saturated carbocycles. The topological polar surface area (TPSA) is 102 Å². The van der Waals surface area contributed by atoms with Crippen molar-refractivity contribution in [2.45, 2.75) is 44.4 Å². The summed E-state index contributed by atoms with van der Waals surface area (Å²) in [6.07, 6.45) is 11.0. The molecule has 1 aliphatic carbocycles. The first-order valence-electron chi connectivity index (χ1n) is 10.7. The molecule has 3 aromatic heterocycles. The lowest BCUT2D eigenvalue weighted by molar-refractivity contribution is 0.108. The lowest BCUT2D eigenvalue weighted by Crippen LogP contribution is -2.21. The van der Waals surface area contributed by atoms with Crippen molar-refractivity contribution >= 4 is 23.0 Å². The normalized spacial score (nSPS) is 20.4. The van der Waals surface area contributed by atoms with Crippen LogP contribution in [-0.2, 0) is 6.54 Å². The van der Waals surface area contributed by atoms with E-state index in [1.807, 2.05) is 23.2 Å². The Morgan fingerprint density at radius 1 is 1.06 bits per heavy atom. The number of aliphatic hydroxyl groups is 1. The van der Waals surface area contributed by atoms with Gasteiger partial charge in [-0.25, -0.2) is 4.98 Å². The van der Waals surface area contributed by atoms with Crippen molar-refractivity contribution in [3.8, 4) is 22.5 Å². The number of aliphatic imine (C=N–C) groups is 1. The fraction of sp³-hybridized carbons (Fsp3) is 0.292. The number of furan rings is 1. The van der Waals surface area contributed by atoms with Gasteiger partial charge in [-0.1, -0.05) is 12.1 Å². The Labute approximate surface area is 179 Å². The van der Waals surface area contributed by atoms with Gasteiger partial charge in [0.15, 0.2) is 11.4 Å². The van der Waals surface area contributed by atoms with E-state index in [0.717, 1.165) is 65.6 Å². The van der Waals surface area contributed by atoms with Crippen molar-refractivity contribution in [1.82, 2.24) is 14.8 Å². The van der Waals surface area contributed by atoms with Gasteiger partial charge in [0.25, 0.3) is 0 Å². The quantitative estimate of drug-likeness (QED) is 0.520. The molecular formula is C24H23N5O2. The highest BCUT2D eigenvalue weighted by Crippen LogP contribution is 2.38. The number of fused-ring (bicyclic) bond motifs is 2. The number of nitrogens with two attached hydrogens (primary N) is 1. The minimum Gasteiger partial charge on any atom is -0.452 e. The lowest BCUT2D eigenvalue weighted by atomic mass is 9.93. The molecule has 7 heteroatoms. The molecule has 6 rings (SSSR count). The predicted molar refractivity (Wildman–Crippen MR) is 120 cm³/mol. The summed E-state index contributed by atoms with van der Waals surface area (Å²) < 4.78 is 8.17. The van der Waals surface area contributed by atoms with Crippen molar-refractivity contribution in [2.24, 2.45) is 4.99 Å². The van der Waals surface area contributed by atoms with Crippen LogP contribution in [0.4, 0.5) is 5.82 Å². The van der Waals surface area contributed by atoms with Gasteiger partial charge in [-0.05, 0) is 48.9 Å². The first-order chi connectivity index (χ1) is 15.2. The van der Waals surface area contributed by atoms with E-state index in [1.165, 1.54) is 5.56 Å². The zero-order valence-corrected chi connectivity index (χ0v) is 17.0. The Balaban J connectivity index is 1.39. The van der Waals surface area contributed by atoms with E-state index in [9.17, 15) is 5.11 Å². The first kappa shape index (κ1) is 18.3. The average molecular weight is 413 g/mol. The fourth-order valence-electron chi connectivity index (χ4n) is 4.67. The van der Waals surface area contributed by atoms with Gasteiger partial charge in [0.2, 0.25) is 0 Å². The van der Waals surface area contributed by atoms with Gasteiger partial charge in [-0.3, -0.25) is 9.67 Å². The Bertz CT molecular complexity index is 1310. The van der Waals surface area contributed by atoms with Crippen LogP contribution in [0.15, 0.2) is 52.3 Å². The van der Waals surface area contributed by atoms with E-state index in [-0.39, 0.29) is 6.10 Å². The van der Waals surface area contributed by atoms with Gasteiger partial charge >= 0.3 is 0 Å². The minimum absolute atomic E-state index is 0.179. The Hall–Kier alpha value is -3.45. The molecule has 1 aromatic carbocycles. The van der Waals surface area contributed by atoms with Gasteiger partial charge in [-0.15, -0.1) is 0 Å². The Kier molecular flexibility index (Phi) is 4.17. The molecule has 0 amide bonds. The van der Waals surface area contributed by atoms with Gasteiger partial charge in [-0.2, -0.15) is 5.10 Å². The molecule has 2 aliphatic rings. The number of anilines is 1. The molecule has 4 heterocycles. The third-order valence-corrected chi connectivity index (χ3v) is 6.46. The molecule has 0 radical (unpaired) electrons. The molecule has 156 valence electrons. The van der Waals surface area contributed by atoms with Crippen LogP contribution < -0.4 is 5.73 Å². The summed E-state index contributed by atoms with van der Waals surface area (Å²) in [7, 11) is 0. The summed E-state index contributed by atoms with van der Waals surface area (Å²) in [5, 5.41) is 15.3. The molecule has 0 spiro atoms. The molecule has 31 heavy (non-hydrogen) atoms. The number of aromatic nitrogens is 3. The Morgan fingerprint density at radius 2 is 1.94 bits per heavy atom. The molecule has 3 N–H and O–H groups in total. The highest BCUT2D eigenvalue weighted by molar-refractivity contribution is 6.00. The molecule has 1 fully saturated rings. The molecule has 7 nitrogen and oxygen atoms in total. The second-order valence-corrected chi connectivity index (χ2v) is 8.47. The number of nitrogen functional groups attached to an aromatic ring is 1. The number of nitrogens with zero attached hydrogens (tertiary/aromatic N) is 4. The third kappa shape index (κ3) is 3.13. The monoisotopic (exact) mass is 413 g/mol. The molecule has 4 aromatic rings. The number of benzene rings is 1. The van der Waals surface area contributed by atoms with Gasteiger partial charge in [0, 0.05) is 40.7 Å². The molecule has 0 atom stereocenters. The predicted octanol–water partition coefficient (Wildman–Crippen LogP) is 4.35. The summed E-state index contributed by atoms with van der Waals surface area (Å²) in [4.78, 5) is 8.71. The number of hydrogen-bond acceptors (Lipinski definition) is 6. The summed E-state index contributed by atoms with van der Waals surface area (Å²) in [5.41, 5.74) is 12.0. The summed E-state index contributed by atoms with van der Waals surface area (Å²) in [6.45, 7) is 0.737. The number of rotatable bonds is 3. The minimum atomic E-state index is -0.179. The van der Waals surface area contributed by atoms with Crippen LogP contribution in [0.2, 0.25) is 0 Å². The molecule has 0 saturated heterocycles. The van der Waals surface area contributed by atoms with Crippen molar-refractivity contribution < 1.29 is 9.52 Å². The van der Waals surface area contributed by atoms with Crippen LogP contribution >= 0.6 is 0 Å². The molecular weight excluding hydrogens is 390 g/mol. The first-order valence-corrected chi connectivity index (χ1v) is 10.7. The van der Waals surface area contributed by atoms with Crippen LogP contribution in [0, 0.1) is 0 Å². The number of pyridine rings is 1. The van der Waals surface area contributed by atoms with Gasteiger partial charge in [0.1, 0.15) is 5.76 Å². The summed E-state index contributed by atoms with van der Waals surface area (Å²) in [5.74, 6) is 1.13. The number of aliphatic hydroxyl groups excluding tert-OH is 1. The highest BCUT2D eigenvalue weighted by atomic mass is 16.3. The molecule has 0 unspecified atom stereocenters. The van der Waals surface area contributed by atoms with Gasteiger partial charge < -0.3 is 15.3 Å². The van der Waals surface area contributed by atoms with Crippen molar-refractivity contribution in [1.29, 1.82) is 0 Å². The fourth-order valence-corrected chi connectivity index (χ4v) is 4.67. The highest BCUT2D eigenvalue weighted by Gasteiger charge is 2.22. The maximum atomic E-state index is 9.78. The molecule has 1 aliphatic heterocycles. The van der Waals surface area contributed by atoms with Crippen molar-refractivity contribution in [3.05, 3.63) is 54.0 Å². The van der Waals surface area contributed by atoms with Crippen LogP contribution in [0.5, 0.6) is 0 Å². The largest absolute Gasteiger partial charge is 0.452 e. The summed E-state index contributed by atoms with van der Waals surface area (Å²) >= 11 is 0. The second kappa shape index (κ2) is 7.06. The van der Waals surface area contributed by atoms with E-state index in [4.69, 9.17) is 10.2 Å². The zero-order chi connectivity index (χ0) is 20.9. The average Bonchev–Trinajstić information content (AvgIpc) is 3.53. The smallest absolute Gasteiger partial charge is 0.177 e. The number of hydrogen-bond donors (Lipinski definition) is 2. The maximum Gasteiger partial charge on any atom is 0.177 e. The van der Waals surface area contributed by atoms with Crippen LogP contribution in [0.25, 0.3) is 33.4 Å². The third-order valence-electron chi connectivity index (χ3n) is 6.46. The second-order valence-electron chi connectivity index (χ2n) is 8.47. The zero-order valence-electron chi connectivity index (χ0n) is 17.0. The lowest BCUT2D eigenvalue weighted by Gasteiger charge is -2.25. The Morgan fingerprint density at radius 3 is 2.81 bits per heavy atom. The molecule has 0 bridgehead atoms. The van der Waals surface area contributed by atoms with E-state index in [1.54, 1.807) is 6.20 Å². The standard InChI is InChI=1S/C24H23N5O2/c25-24-23-20(8-22(31-23)14-1-2-15-9-26-10-16(15)7-14)21(12-27-24)17-11-28-29(13-17)18-3-5-19(30)6-4-18/h1-2,7-8,10-13,18-19,30H,3-6,9H2,(H2,25,27). The summed E-state index contributed by atoms with van der Waals surface area (Å²) in [6, 6.07) is 8.61. The van der Waals surface area contributed by atoms with E-state index in [0.29, 0.717) is 17.4 Å². The van der Waals surface area contributed by atoms with E-state index < -0.39 is 0 Å². The van der Waals surface area contributed by atoms with Crippen molar-refractivity contribution in [2.75, 3.05) is 5.73 Å².